The molecule has 1 aromatic carbocycles. The largest absolute Gasteiger partial charge is 0.490 e. The summed E-state index contributed by atoms with van der Waals surface area (Å²) in [5.41, 5.74) is 0.521. The summed E-state index contributed by atoms with van der Waals surface area (Å²) in [5, 5.41) is 7.18. The van der Waals surface area contributed by atoms with Crippen LogP contribution < -0.4 is 20.1 Å². The zero-order valence-electron chi connectivity index (χ0n) is 16.1. The Morgan fingerprint density at radius 3 is 2.56 bits per heavy atom. The highest BCUT2D eigenvalue weighted by atomic mass is 35.5. The molecule has 0 radical (unpaired) electrons. The Bertz CT molecular complexity index is 630. The van der Waals surface area contributed by atoms with Crippen LogP contribution in [0.1, 0.15) is 62.7 Å². The maximum Gasteiger partial charge on any atom is 0.251 e. The molecule has 7 heteroatoms. The molecule has 0 spiro atoms. The molecule has 0 aliphatic carbocycles. The van der Waals surface area contributed by atoms with Crippen molar-refractivity contribution in [1.29, 1.82) is 0 Å². The van der Waals surface area contributed by atoms with E-state index in [0.717, 1.165) is 25.7 Å². The van der Waals surface area contributed by atoms with Crippen LogP contribution in [-0.4, -0.2) is 37.2 Å². The van der Waals surface area contributed by atoms with Gasteiger partial charge in [-0.05, 0) is 51.2 Å². The van der Waals surface area contributed by atoms with E-state index in [4.69, 9.17) is 21.1 Å². The first-order chi connectivity index (χ1) is 12.6. The minimum Gasteiger partial charge on any atom is -0.490 e. The molecule has 2 bridgehead atoms. The Morgan fingerprint density at radius 2 is 1.93 bits per heavy atom. The molecule has 5 nitrogen and oxygen atoms in total. The van der Waals surface area contributed by atoms with Gasteiger partial charge in [0.1, 0.15) is 0 Å². The maximum absolute atomic E-state index is 12.7. The lowest BCUT2D eigenvalue weighted by Crippen LogP contribution is -2.48. The fourth-order valence-electron chi connectivity index (χ4n) is 3.86. The third-order valence-electron chi connectivity index (χ3n) is 5.12. The van der Waals surface area contributed by atoms with Crippen molar-refractivity contribution in [3.63, 3.8) is 0 Å². The summed E-state index contributed by atoms with van der Waals surface area (Å²) in [6, 6.07) is 4.71. The monoisotopic (exact) mass is 416 g/mol. The van der Waals surface area contributed by atoms with Gasteiger partial charge in [0, 0.05) is 23.7 Å². The molecule has 152 valence electrons. The Balaban J connectivity index is 0.00000261. The van der Waals surface area contributed by atoms with E-state index in [9.17, 15) is 4.79 Å². The van der Waals surface area contributed by atoms with E-state index in [2.05, 4.69) is 17.6 Å². The van der Waals surface area contributed by atoms with Crippen LogP contribution in [0.4, 0.5) is 0 Å². The van der Waals surface area contributed by atoms with Gasteiger partial charge in [-0.1, -0.05) is 24.9 Å². The van der Waals surface area contributed by atoms with Gasteiger partial charge in [-0.25, -0.2) is 0 Å². The van der Waals surface area contributed by atoms with Crippen LogP contribution in [0.15, 0.2) is 12.1 Å². The average Bonchev–Trinajstić information content (AvgIpc) is 2.95. The minimum atomic E-state index is -0.0979. The van der Waals surface area contributed by atoms with Crippen molar-refractivity contribution in [1.82, 2.24) is 10.6 Å². The van der Waals surface area contributed by atoms with Crippen molar-refractivity contribution in [2.75, 3.05) is 13.2 Å². The number of hydrogen-bond acceptors (Lipinski definition) is 4. The van der Waals surface area contributed by atoms with Crippen molar-refractivity contribution < 1.29 is 14.3 Å². The van der Waals surface area contributed by atoms with E-state index in [1.165, 1.54) is 12.8 Å². The second-order valence-corrected chi connectivity index (χ2v) is 7.61. The van der Waals surface area contributed by atoms with Gasteiger partial charge in [0.2, 0.25) is 0 Å². The molecule has 2 heterocycles. The number of halogens is 2. The molecule has 0 aromatic heterocycles. The van der Waals surface area contributed by atoms with E-state index in [1.807, 2.05) is 6.92 Å². The summed E-state index contributed by atoms with van der Waals surface area (Å²) in [6.07, 6.45) is 6.39. The molecule has 2 aliphatic heterocycles. The lowest BCUT2D eigenvalue weighted by atomic mass is 9.99. The highest BCUT2D eigenvalue weighted by Gasteiger charge is 2.34. The second-order valence-electron chi connectivity index (χ2n) is 7.20. The van der Waals surface area contributed by atoms with Gasteiger partial charge in [0.15, 0.2) is 11.5 Å². The molecule has 2 aliphatic rings. The van der Waals surface area contributed by atoms with E-state index >= 15 is 0 Å². The van der Waals surface area contributed by atoms with Gasteiger partial charge < -0.3 is 20.1 Å². The number of carbonyl (C=O) groups excluding carboxylic acids is 1. The van der Waals surface area contributed by atoms with Crippen molar-refractivity contribution in [3.05, 3.63) is 22.7 Å². The van der Waals surface area contributed by atoms with Gasteiger partial charge in [0.25, 0.3) is 5.91 Å². The number of hydrogen-bond donors (Lipinski definition) is 2. The summed E-state index contributed by atoms with van der Waals surface area (Å²) in [4.78, 5) is 12.7. The molecule has 0 saturated carbocycles. The number of carbonyl (C=O) groups is 1. The molecule has 2 unspecified atom stereocenters. The van der Waals surface area contributed by atoms with Crippen LogP contribution in [-0.2, 0) is 0 Å². The quantitative estimate of drug-likeness (QED) is 0.618. The fourth-order valence-corrected chi connectivity index (χ4v) is 4.13. The highest BCUT2D eigenvalue weighted by molar-refractivity contribution is 6.32. The predicted molar refractivity (Wildman–Crippen MR) is 111 cm³/mol. The number of fused-ring (bicyclic) bond motifs is 2. The number of unbranched alkanes of at least 4 members (excludes halogenated alkanes) is 1. The zero-order chi connectivity index (χ0) is 18.5. The lowest BCUT2D eigenvalue weighted by molar-refractivity contribution is 0.0923. The Morgan fingerprint density at radius 1 is 1.22 bits per heavy atom. The third kappa shape index (κ3) is 5.66. The lowest BCUT2D eigenvalue weighted by Gasteiger charge is -2.29. The fraction of sp³-hybridized carbons (Fsp3) is 0.650. The van der Waals surface area contributed by atoms with Crippen LogP contribution in [0, 0.1) is 0 Å². The molecule has 1 aromatic rings. The summed E-state index contributed by atoms with van der Waals surface area (Å²) >= 11 is 6.40. The van der Waals surface area contributed by atoms with Crippen LogP contribution in [0.3, 0.4) is 0 Å². The smallest absolute Gasteiger partial charge is 0.251 e. The van der Waals surface area contributed by atoms with Crippen molar-refractivity contribution in [2.45, 2.75) is 70.5 Å². The average molecular weight is 417 g/mol. The summed E-state index contributed by atoms with van der Waals surface area (Å²) < 4.78 is 11.5. The molecular formula is C20H30Cl2N2O3. The van der Waals surface area contributed by atoms with Crippen molar-refractivity contribution in [3.8, 4) is 11.5 Å². The number of rotatable bonds is 8. The number of piperidine rings is 1. The maximum atomic E-state index is 12.7. The van der Waals surface area contributed by atoms with Crippen LogP contribution in [0.5, 0.6) is 11.5 Å². The molecule has 27 heavy (non-hydrogen) atoms. The predicted octanol–water partition coefficient (Wildman–Crippen LogP) is 4.35. The van der Waals surface area contributed by atoms with E-state index in [1.54, 1.807) is 12.1 Å². The molecule has 2 fully saturated rings. The zero-order valence-corrected chi connectivity index (χ0v) is 17.6. The summed E-state index contributed by atoms with van der Waals surface area (Å²) in [5.74, 6) is 0.962. The molecular weight excluding hydrogens is 387 g/mol. The van der Waals surface area contributed by atoms with Gasteiger partial charge in [-0.2, -0.15) is 0 Å². The molecule has 2 N–H and O–H groups in total. The van der Waals surface area contributed by atoms with Crippen molar-refractivity contribution in [2.24, 2.45) is 0 Å². The van der Waals surface area contributed by atoms with E-state index in [0.29, 0.717) is 47.4 Å². The summed E-state index contributed by atoms with van der Waals surface area (Å²) in [7, 11) is 0. The number of benzene rings is 1. The molecule has 2 saturated heterocycles. The van der Waals surface area contributed by atoms with Gasteiger partial charge >= 0.3 is 0 Å². The third-order valence-corrected chi connectivity index (χ3v) is 5.40. The first kappa shape index (κ1) is 22.1. The van der Waals surface area contributed by atoms with Crippen LogP contribution >= 0.6 is 24.0 Å². The minimum absolute atomic E-state index is 0. The van der Waals surface area contributed by atoms with Crippen LogP contribution in [0.2, 0.25) is 5.02 Å². The van der Waals surface area contributed by atoms with E-state index in [-0.39, 0.29) is 24.4 Å². The Hall–Kier alpha value is -1.17. The SMILES string of the molecule is CCCCOc1c(Cl)cc(C(=O)NC2CC3CCC(C2)N3)cc1OCC.Cl. The van der Waals surface area contributed by atoms with Gasteiger partial charge in [-0.3, -0.25) is 4.79 Å². The standard InChI is InChI=1S/C20H29ClN2O3.ClH/c1-3-5-8-26-19-17(21)9-13(10-18(19)25-4-2)20(24)23-16-11-14-6-7-15(12-16)22-14;/h9-10,14-16,22H,3-8,11-12H2,1-2H3,(H,23,24);1H. The highest BCUT2D eigenvalue weighted by Crippen LogP contribution is 2.37. The second kappa shape index (κ2) is 10.4. The van der Waals surface area contributed by atoms with Gasteiger partial charge in [-0.15, -0.1) is 12.4 Å². The molecule has 2 atom stereocenters. The van der Waals surface area contributed by atoms with Gasteiger partial charge in [0.05, 0.1) is 18.2 Å². The topological polar surface area (TPSA) is 59.6 Å². The first-order valence-corrected chi connectivity index (χ1v) is 10.1. The Labute approximate surface area is 172 Å². The number of ether oxygens (including phenoxy) is 2. The molecule has 3 rings (SSSR count). The van der Waals surface area contributed by atoms with Crippen LogP contribution in [0.25, 0.3) is 0 Å². The van der Waals surface area contributed by atoms with E-state index < -0.39 is 0 Å². The first-order valence-electron chi connectivity index (χ1n) is 9.76. The Kier molecular flexibility index (Phi) is 8.52. The summed E-state index contributed by atoms with van der Waals surface area (Å²) in [6.45, 7) is 5.08. The normalized spacial score (nSPS) is 23.4. The van der Waals surface area contributed by atoms with Crippen molar-refractivity contribution >= 4 is 29.9 Å². The molecule has 1 amide bonds. The number of amides is 1. The number of nitrogens with one attached hydrogen (secondary N) is 2.